The van der Waals surface area contributed by atoms with Crippen LogP contribution < -0.4 is 4.90 Å². The minimum absolute atomic E-state index is 0.246. The van der Waals surface area contributed by atoms with E-state index in [0.29, 0.717) is 12.0 Å². The molecular formula is C22H27N. The molecule has 3 aliphatic rings. The van der Waals surface area contributed by atoms with E-state index in [2.05, 4.69) is 75.9 Å². The van der Waals surface area contributed by atoms with Crippen molar-refractivity contribution in [1.29, 1.82) is 0 Å². The lowest BCUT2D eigenvalue weighted by molar-refractivity contribution is 0.242. The first-order valence-corrected chi connectivity index (χ1v) is 8.87. The van der Waals surface area contributed by atoms with E-state index in [1.165, 1.54) is 35.3 Å². The van der Waals surface area contributed by atoms with Gasteiger partial charge in [-0.1, -0.05) is 42.8 Å². The molecule has 2 aromatic rings. The van der Waals surface area contributed by atoms with Crippen molar-refractivity contribution in [2.24, 2.45) is 0 Å². The van der Waals surface area contributed by atoms with Crippen LogP contribution in [0.4, 0.5) is 5.69 Å². The Hall–Kier alpha value is -1.76. The molecule has 3 aliphatic heterocycles. The van der Waals surface area contributed by atoms with Crippen molar-refractivity contribution >= 4 is 5.69 Å². The number of anilines is 1. The van der Waals surface area contributed by atoms with Crippen LogP contribution in [0, 0.1) is 20.8 Å². The maximum Gasteiger partial charge on any atom is 0.0407 e. The molecule has 1 heteroatoms. The van der Waals surface area contributed by atoms with Gasteiger partial charge >= 0.3 is 0 Å². The van der Waals surface area contributed by atoms with E-state index in [1.807, 2.05) is 0 Å². The highest BCUT2D eigenvalue weighted by Crippen LogP contribution is 2.56. The van der Waals surface area contributed by atoms with Gasteiger partial charge in [-0.05, 0) is 62.4 Å². The summed E-state index contributed by atoms with van der Waals surface area (Å²) in [6.45, 7) is 12.9. The Kier molecular flexibility index (Phi) is 3.13. The molecule has 23 heavy (non-hydrogen) atoms. The summed E-state index contributed by atoms with van der Waals surface area (Å²) in [4.78, 5) is 2.64. The smallest absolute Gasteiger partial charge is 0.0407 e. The molecule has 0 amide bonds. The van der Waals surface area contributed by atoms with E-state index >= 15 is 0 Å². The molecule has 2 bridgehead atoms. The van der Waals surface area contributed by atoms with Gasteiger partial charge in [0.05, 0.1) is 0 Å². The molecule has 0 saturated carbocycles. The van der Waals surface area contributed by atoms with Crippen LogP contribution in [-0.2, 0) is 5.41 Å². The first-order valence-electron chi connectivity index (χ1n) is 8.87. The van der Waals surface area contributed by atoms with Crippen molar-refractivity contribution in [3.8, 4) is 0 Å². The molecule has 0 spiro atoms. The summed E-state index contributed by atoms with van der Waals surface area (Å²) in [5, 5.41) is 0. The van der Waals surface area contributed by atoms with Gasteiger partial charge in [0.25, 0.3) is 0 Å². The zero-order valence-electron chi connectivity index (χ0n) is 15.0. The summed E-state index contributed by atoms with van der Waals surface area (Å²) in [7, 11) is 0. The number of piperidine rings is 1. The maximum absolute atomic E-state index is 2.64. The molecule has 5 rings (SSSR count). The number of aryl methyl sites for hydroxylation is 2. The highest BCUT2D eigenvalue weighted by Gasteiger charge is 2.51. The fraction of sp³-hybridized carbons (Fsp3) is 0.455. The van der Waals surface area contributed by atoms with Crippen molar-refractivity contribution in [2.75, 3.05) is 11.4 Å². The van der Waals surface area contributed by atoms with E-state index in [-0.39, 0.29) is 5.41 Å². The molecule has 1 saturated heterocycles. The van der Waals surface area contributed by atoms with E-state index < -0.39 is 0 Å². The van der Waals surface area contributed by atoms with Gasteiger partial charge in [0.1, 0.15) is 0 Å². The fourth-order valence-electron chi connectivity index (χ4n) is 5.27. The quantitative estimate of drug-likeness (QED) is 0.694. The summed E-state index contributed by atoms with van der Waals surface area (Å²) >= 11 is 0. The van der Waals surface area contributed by atoms with Gasteiger partial charge in [-0.15, -0.1) is 0 Å². The molecule has 3 atom stereocenters. The molecule has 2 aromatic carbocycles. The third-order valence-corrected chi connectivity index (χ3v) is 6.55. The van der Waals surface area contributed by atoms with Crippen molar-refractivity contribution in [3.63, 3.8) is 0 Å². The molecule has 3 heterocycles. The Bertz CT molecular complexity index is 776. The number of para-hydroxylation sites is 1. The minimum Gasteiger partial charge on any atom is -0.368 e. The van der Waals surface area contributed by atoms with Crippen molar-refractivity contribution in [3.05, 3.63) is 64.2 Å². The molecule has 0 N–H and O–H groups in total. The first kappa shape index (κ1) is 14.8. The Balaban J connectivity index is 1.95. The van der Waals surface area contributed by atoms with Gasteiger partial charge in [-0.3, -0.25) is 0 Å². The zero-order valence-corrected chi connectivity index (χ0v) is 15.0. The van der Waals surface area contributed by atoms with E-state index in [9.17, 15) is 0 Å². The summed E-state index contributed by atoms with van der Waals surface area (Å²) in [5.74, 6) is 0.574. The SMILES string of the molecule is Cc1cc(C)c(C)c(C2[C@@H](C)N3CCC2(C)c2ccccc23)c1. The minimum atomic E-state index is 0.246. The molecular weight excluding hydrogens is 278 g/mol. The predicted octanol–water partition coefficient (Wildman–Crippen LogP) is 5.27. The molecule has 2 unspecified atom stereocenters. The maximum atomic E-state index is 2.64. The standard InChI is InChI=1S/C22H27N/c1-14-12-15(2)16(3)18(13-14)21-17(4)23-11-10-22(21,5)19-8-6-7-9-20(19)23/h6-9,12-13,17,21H,10-11H2,1-5H3/t17-,21?,22?/m1/s1. The lowest BCUT2D eigenvalue weighted by Crippen LogP contribution is -2.57. The van der Waals surface area contributed by atoms with Gasteiger partial charge in [-0.25, -0.2) is 0 Å². The van der Waals surface area contributed by atoms with Crippen molar-refractivity contribution in [1.82, 2.24) is 0 Å². The van der Waals surface area contributed by atoms with Crippen LogP contribution in [0.15, 0.2) is 36.4 Å². The summed E-state index contributed by atoms with van der Waals surface area (Å²) in [6, 6.07) is 14.4. The van der Waals surface area contributed by atoms with Crippen LogP contribution in [0.25, 0.3) is 0 Å². The number of rotatable bonds is 1. The van der Waals surface area contributed by atoms with Gasteiger partial charge in [0, 0.05) is 29.6 Å². The monoisotopic (exact) mass is 305 g/mol. The highest BCUT2D eigenvalue weighted by atomic mass is 15.2. The molecule has 0 aliphatic carbocycles. The number of benzene rings is 2. The van der Waals surface area contributed by atoms with Crippen LogP contribution in [0.5, 0.6) is 0 Å². The Morgan fingerprint density at radius 3 is 2.61 bits per heavy atom. The van der Waals surface area contributed by atoms with Crippen LogP contribution >= 0.6 is 0 Å². The number of fused-ring (bicyclic) bond motifs is 2. The van der Waals surface area contributed by atoms with E-state index in [1.54, 1.807) is 11.1 Å². The van der Waals surface area contributed by atoms with Crippen LogP contribution in [0.1, 0.15) is 54.0 Å². The van der Waals surface area contributed by atoms with Gasteiger partial charge in [-0.2, -0.15) is 0 Å². The van der Waals surface area contributed by atoms with Crippen LogP contribution in [0.2, 0.25) is 0 Å². The number of nitrogens with zero attached hydrogens (tertiary/aromatic N) is 1. The lowest BCUT2D eigenvalue weighted by Gasteiger charge is -2.58. The van der Waals surface area contributed by atoms with Gasteiger partial charge in [0.15, 0.2) is 0 Å². The van der Waals surface area contributed by atoms with Gasteiger partial charge in [0.2, 0.25) is 0 Å². The Morgan fingerprint density at radius 2 is 1.83 bits per heavy atom. The summed E-state index contributed by atoms with van der Waals surface area (Å²) in [6.07, 6.45) is 1.26. The Labute approximate surface area is 140 Å². The third kappa shape index (κ3) is 1.92. The normalized spacial score (nSPS) is 28.8. The molecule has 120 valence electrons. The van der Waals surface area contributed by atoms with Gasteiger partial charge < -0.3 is 4.90 Å². The van der Waals surface area contributed by atoms with E-state index in [0.717, 1.165) is 0 Å². The summed E-state index contributed by atoms with van der Waals surface area (Å²) < 4.78 is 0. The summed E-state index contributed by atoms with van der Waals surface area (Å²) in [5.41, 5.74) is 9.14. The van der Waals surface area contributed by atoms with Crippen LogP contribution in [0.3, 0.4) is 0 Å². The third-order valence-electron chi connectivity index (χ3n) is 6.55. The lowest BCUT2D eigenvalue weighted by atomic mass is 9.58. The molecule has 1 fully saturated rings. The average molecular weight is 305 g/mol. The number of hydrogen-bond acceptors (Lipinski definition) is 1. The zero-order chi connectivity index (χ0) is 16.4. The first-order chi connectivity index (χ1) is 10.9. The second-order valence-corrected chi connectivity index (χ2v) is 7.89. The molecule has 0 radical (unpaired) electrons. The molecule has 1 nitrogen and oxygen atoms in total. The Morgan fingerprint density at radius 1 is 1.09 bits per heavy atom. The highest BCUT2D eigenvalue weighted by molar-refractivity contribution is 5.65. The van der Waals surface area contributed by atoms with E-state index in [4.69, 9.17) is 0 Å². The van der Waals surface area contributed by atoms with Crippen molar-refractivity contribution < 1.29 is 0 Å². The molecule has 0 aromatic heterocycles. The van der Waals surface area contributed by atoms with Crippen LogP contribution in [-0.4, -0.2) is 12.6 Å². The second-order valence-electron chi connectivity index (χ2n) is 7.89. The number of hydrogen-bond donors (Lipinski definition) is 0. The topological polar surface area (TPSA) is 3.24 Å². The fourth-order valence-corrected chi connectivity index (χ4v) is 5.27. The second kappa shape index (κ2) is 4.87. The van der Waals surface area contributed by atoms with Crippen molar-refractivity contribution in [2.45, 2.75) is 58.4 Å². The predicted molar refractivity (Wildman–Crippen MR) is 98.6 cm³/mol. The largest absolute Gasteiger partial charge is 0.368 e. The average Bonchev–Trinajstić information content (AvgIpc) is 2.52.